The molecule has 3 rings (SSSR count). The van der Waals surface area contributed by atoms with Gasteiger partial charge in [-0.25, -0.2) is 0 Å². The average Bonchev–Trinajstić information content (AvgIpc) is 3.23. The van der Waals surface area contributed by atoms with E-state index in [1.54, 1.807) is 14.2 Å². The second kappa shape index (κ2) is 12.6. The molecule has 1 saturated heterocycles. The largest absolute Gasteiger partial charge is 0.495 e. The minimum absolute atomic E-state index is 0. The highest BCUT2D eigenvalue weighted by molar-refractivity contribution is 14.0. The Morgan fingerprint density at radius 3 is 2.57 bits per heavy atom. The van der Waals surface area contributed by atoms with E-state index in [-0.39, 0.29) is 30.1 Å². The Kier molecular flexibility index (Phi) is 10.2. The predicted molar refractivity (Wildman–Crippen MR) is 134 cm³/mol. The lowest BCUT2D eigenvalue weighted by molar-refractivity contribution is 0.111. The summed E-state index contributed by atoms with van der Waals surface area (Å²) >= 11 is 0. The Morgan fingerprint density at radius 2 is 1.87 bits per heavy atom. The third-order valence-electron chi connectivity index (χ3n) is 5.17. The van der Waals surface area contributed by atoms with E-state index in [9.17, 15) is 0 Å². The van der Waals surface area contributed by atoms with Crippen molar-refractivity contribution in [2.75, 3.05) is 45.3 Å². The third kappa shape index (κ3) is 6.50. The summed E-state index contributed by atoms with van der Waals surface area (Å²) in [5.41, 5.74) is 2.28. The minimum Gasteiger partial charge on any atom is -0.495 e. The molecule has 30 heavy (non-hydrogen) atoms. The predicted octanol–water partition coefficient (Wildman–Crippen LogP) is 3.83. The van der Waals surface area contributed by atoms with Crippen LogP contribution >= 0.6 is 24.0 Å². The van der Waals surface area contributed by atoms with Crippen molar-refractivity contribution in [3.05, 3.63) is 60.2 Å². The maximum absolute atomic E-state index is 5.65. The molecule has 0 saturated carbocycles. The van der Waals surface area contributed by atoms with Crippen molar-refractivity contribution in [1.29, 1.82) is 0 Å². The van der Waals surface area contributed by atoms with E-state index in [1.165, 1.54) is 0 Å². The molecule has 7 heteroatoms. The standard InChI is InChI=1S/C23H32N4O2.HI/c1-4-24-23(25-16-22(29-3)18-10-6-5-7-11-18)26-19-14-15-27(17-19)20-12-8-9-13-21(20)28-2;/h5-13,19,22H,4,14-17H2,1-3H3,(H2,24,25,26);1H. The Labute approximate surface area is 197 Å². The molecule has 0 radical (unpaired) electrons. The second-order valence-corrected chi connectivity index (χ2v) is 7.10. The van der Waals surface area contributed by atoms with E-state index in [0.29, 0.717) is 12.6 Å². The summed E-state index contributed by atoms with van der Waals surface area (Å²) in [5.74, 6) is 1.75. The van der Waals surface area contributed by atoms with Crippen LogP contribution in [0.5, 0.6) is 5.75 Å². The van der Waals surface area contributed by atoms with Crippen LogP contribution in [0.4, 0.5) is 5.69 Å². The van der Waals surface area contributed by atoms with Gasteiger partial charge in [0.1, 0.15) is 11.9 Å². The summed E-state index contributed by atoms with van der Waals surface area (Å²) in [5, 5.41) is 6.94. The molecule has 1 fully saturated rings. The van der Waals surface area contributed by atoms with Crippen molar-refractivity contribution in [3.8, 4) is 5.75 Å². The van der Waals surface area contributed by atoms with E-state index >= 15 is 0 Å². The van der Waals surface area contributed by atoms with Crippen molar-refractivity contribution in [1.82, 2.24) is 10.6 Å². The van der Waals surface area contributed by atoms with Gasteiger partial charge in [-0.15, -0.1) is 24.0 Å². The third-order valence-corrected chi connectivity index (χ3v) is 5.17. The zero-order chi connectivity index (χ0) is 20.5. The van der Waals surface area contributed by atoms with Gasteiger partial charge in [-0.05, 0) is 31.0 Å². The fourth-order valence-electron chi connectivity index (χ4n) is 3.66. The van der Waals surface area contributed by atoms with Crippen LogP contribution < -0.4 is 20.3 Å². The van der Waals surface area contributed by atoms with E-state index in [1.807, 2.05) is 30.3 Å². The van der Waals surface area contributed by atoms with Crippen LogP contribution in [0.1, 0.15) is 25.0 Å². The molecule has 1 aliphatic heterocycles. The van der Waals surface area contributed by atoms with Crippen molar-refractivity contribution in [3.63, 3.8) is 0 Å². The lowest BCUT2D eigenvalue weighted by Gasteiger charge is -2.22. The molecule has 2 unspecified atom stereocenters. The smallest absolute Gasteiger partial charge is 0.191 e. The van der Waals surface area contributed by atoms with Crippen LogP contribution in [0.25, 0.3) is 0 Å². The summed E-state index contributed by atoms with van der Waals surface area (Å²) in [4.78, 5) is 7.15. The maximum Gasteiger partial charge on any atom is 0.191 e. The van der Waals surface area contributed by atoms with Gasteiger partial charge >= 0.3 is 0 Å². The van der Waals surface area contributed by atoms with Crippen LogP contribution in [-0.4, -0.2) is 52.4 Å². The van der Waals surface area contributed by atoms with E-state index in [4.69, 9.17) is 14.5 Å². The fraction of sp³-hybridized carbons (Fsp3) is 0.435. The molecule has 2 atom stereocenters. The lowest BCUT2D eigenvalue weighted by Crippen LogP contribution is -2.44. The van der Waals surface area contributed by atoms with Gasteiger partial charge in [0.25, 0.3) is 0 Å². The average molecular weight is 524 g/mol. The minimum atomic E-state index is -0.0553. The molecular formula is C23H33IN4O2. The molecule has 0 aliphatic carbocycles. The molecule has 6 nitrogen and oxygen atoms in total. The zero-order valence-corrected chi connectivity index (χ0v) is 20.3. The maximum atomic E-state index is 5.65. The zero-order valence-electron chi connectivity index (χ0n) is 18.0. The first-order valence-corrected chi connectivity index (χ1v) is 10.3. The highest BCUT2D eigenvalue weighted by atomic mass is 127. The number of methoxy groups -OCH3 is 2. The molecule has 164 valence electrons. The fourth-order valence-corrected chi connectivity index (χ4v) is 3.66. The van der Waals surface area contributed by atoms with Crippen LogP contribution in [0, 0.1) is 0 Å². The quantitative estimate of drug-likeness (QED) is 0.313. The summed E-state index contributed by atoms with van der Waals surface area (Å²) in [6.07, 6.45) is 0.995. The molecule has 1 aliphatic rings. The van der Waals surface area contributed by atoms with Crippen molar-refractivity contribution in [2.24, 2.45) is 4.99 Å². The highest BCUT2D eigenvalue weighted by Gasteiger charge is 2.25. The first-order chi connectivity index (χ1) is 14.2. The molecule has 0 amide bonds. The molecule has 2 N–H and O–H groups in total. The monoisotopic (exact) mass is 524 g/mol. The van der Waals surface area contributed by atoms with Gasteiger partial charge in [0.05, 0.1) is 19.3 Å². The highest BCUT2D eigenvalue weighted by Crippen LogP contribution is 2.30. The number of hydrogen-bond acceptors (Lipinski definition) is 4. The van der Waals surface area contributed by atoms with Gasteiger partial charge < -0.3 is 25.0 Å². The summed E-state index contributed by atoms with van der Waals surface area (Å²) in [7, 11) is 3.45. The first-order valence-electron chi connectivity index (χ1n) is 10.3. The molecule has 0 spiro atoms. The van der Waals surface area contributed by atoms with Gasteiger partial charge in [0.2, 0.25) is 0 Å². The molecule has 0 aromatic heterocycles. The van der Waals surface area contributed by atoms with E-state index < -0.39 is 0 Å². The van der Waals surface area contributed by atoms with E-state index in [2.05, 4.69) is 46.7 Å². The number of rotatable bonds is 8. The van der Waals surface area contributed by atoms with Crippen LogP contribution in [0.15, 0.2) is 59.6 Å². The topological polar surface area (TPSA) is 58.1 Å². The normalized spacial score (nSPS) is 17.2. The summed E-state index contributed by atoms with van der Waals surface area (Å²) < 4.78 is 11.2. The number of guanidine groups is 1. The Hall–Kier alpha value is -2.00. The molecule has 0 bridgehead atoms. The SMILES string of the molecule is CCNC(=NCC(OC)c1ccccc1)NC1CCN(c2ccccc2OC)C1.I. The van der Waals surface area contributed by atoms with Crippen LogP contribution in [-0.2, 0) is 4.74 Å². The van der Waals surface area contributed by atoms with Crippen molar-refractivity contribution >= 4 is 35.6 Å². The Morgan fingerprint density at radius 1 is 1.13 bits per heavy atom. The number of ether oxygens (including phenoxy) is 2. The van der Waals surface area contributed by atoms with Gasteiger partial charge in [-0.3, -0.25) is 4.99 Å². The Bertz CT molecular complexity index is 788. The van der Waals surface area contributed by atoms with Crippen molar-refractivity contribution in [2.45, 2.75) is 25.5 Å². The van der Waals surface area contributed by atoms with Gasteiger partial charge in [-0.1, -0.05) is 42.5 Å². The van der Waals surface area contributed by atoms with Gasteiger partial charge in [0.15, 0.2) is 5.96 Å². The number of anilines is 1. The molecule has 1 heterocycles. The van der Waals surface area contributed by atoms with Gasteiger partial charge in [-0.2, -0.15) is 0 Å². The Balaban J connectivity index is 0.00000320. The van der Waals surface area contributed by atoms with E-state index in [0.717, 1.165) is 49.0 Å². The summed E-state index contributed by atoms with van der Waals surface area (Å²) in [6.45, 7) is 5.37. The second-order valence-electron chi connectivity index (χ2n) is 7.10. The van der Waals surface area contributed by atoms with Crippen LogP contribution in [0.2, 0.25) is 0 Å². The number of hydrogen-bond donors (Lipinski definition) is 2. The van der Waals surface area contributed by atoms with Crippen molar-refractivity contribution < 1.29 is 9.47 Å². The number of para-hydroxylation sites is 2. The molecular weight excluding hydrogens is 491 g/mol. The molecule has 2 aromatic carbocycles. The first kappa shape index (κ1) is 24.3. The van der Waals surface area contributed by atoms with Gasteiger partial charge in [0, 0.05) is 32.8 Å². The molecule has 2 aromatic rings. The lowest BCUT2D eigenvalue weighted by atomic mass is 10.1. The number of nitrogens with one attached hydrogen (secondary N) is 2. The summed E-state index contributed by atoms with van der Waals surface area (Å²) in [6, 6.07) is 18.7. The number of aliphatic imine (C=N–C) groups is 1. The number of halogens is 1. The number of benzene rings is 2. The van der Waals surface area contributed by atoms with Crippen LogP contribution in [0.3, 0.4) is 0 Å². The number of nitrogens with zero attached hydrogens (tertiary/aromatic N) is 2.